The fraction of sp³-hybridized carbons (Fsp3) is 0.933. The molecule has 1 atom stereocenters. The number of hydrogen-bond donors (Lipinski definition) is 1. The normalized spacial score (nSPS) is 19.3. The first kappa shape index (κ1) is 14.5. The predicted molar refractivity (Wildman–Crippen MR) is 72.9 cm³/mol. The van der Waals surface area contributed by atoms with Crippen LogP contribution < -0.4 is 5.32 Å². The van der Waals surface area contributed by atoms with Crippen LogP contribution in [0.5, 0.6) is 0 Å². The topological polar surface area (TPSA) is 29.1 Å². The second-order valence-corrected chi connectivity index (χ2v) is 6.61. The van der Waals surface area contributed by atoms with Gasteiger partial charge in [-0.05, 0) is 39.5 Å². The van der Waals surface area contributed by atoms with Crippen LogP contribution in [0.2, 0.25) is 0 Å². The Morgan fingerprint density at radius 1 is 1.29 bits per heavy atom. The van der Waals surface area contributed by atoms with Gasteiger partial charge < -0.3 is 5.32 Å². The minimum Gasteiger partial charge on any atom is -0.351 e. The molecular formula is C15H29NO. The molecular weight excluding hydrogens is 210 g/mol. The standard InChI is InChI=1S/C15H29NO/c1-5-8-13(11-12-9-6-7-10-12)14(17)16-15(2,3)4/h12-13H,5-11H2,1-4H3,(H,16,17). The van der Waals surface area contributed by atoms with Gasteiger partial charge in [0.2, 0.25) is 5.91 Å². The summed E-state index contributed by atoms with van der Waals surface area (Å²) in [6, 6.07) is 0. The Balaban J connectivity index is 2.48. The van der Waals surface area contributed by atoms with Gasteiger partial charge in [0.25, 0.3) is 0 Å². The molecule has 0 saturated heterocycles. The van der Waals surface area contributed by atoms with E-state index in [-0.39, 0.29) is 17.4 Å². The zero-order valence-corrected chi connectivity index (χ0v) is 12.0. The van der Waals surface area contributed by atoms with Crippen LogP contribution in [0.4, 0.5) is 0 Å². The van der Waals surface area contributed by atoms with E-state index < -0.39 is 0 Å². The van der Waals surface area contributed by atoms with Gasteiger partial charge in [0, 0.05) is 11.5 Å². The molecule has 0 bridgehead atoms. The Kier molecular flexibility index (Phi) is 5.48. The summed E-state index contributed by atoms with van der Waals surface area (Å²) in [6.45, 7) is 8.35. The van der Waals surface area contributed by atoms with Crippen LogP contribution in [0.25, 0.3) is 0 Å². The lowest BCUT2D eigenvalue weighted by Crippen LogP contribution is -2.44. The highest BCUT2D eigenvalue weighted by Crippen LogP contribution is 2.32. The molecule has 1 aliphatic rings. The number of carbonyl (C=O) groups is 1. The van der Waals surface area contributed by atoms with Gasteiger partial charge in [-0.3, -0.25) is 4.79 Å². The summed E-state index contributed by atoms with van der Waals surface area (Å²) in [5, 5.41) is 3.14. The van der Waals surface area contributed by atoms with Gasteiger partial charge in [0.15, 0.2) is 0 Å². The maximum Gasteiger partial charge on any atom is 0.223 e. The van der Waals surface area contributed by atoms with Crippen molar-refractivity contribution in [2.75, 3.05) is 0 Å². The van der Waals surface area contributed by atoms with Crippen LogP contribution in [0.15, 0.2) is 0 Å². The number of nitrogens with one attached hydrogen (secondary N) is 1. The highest BCUT2D eigenvalue weighted by Gasteiger charge is 2.26. The van der Waals surface area contributed by atoms with Crippen molar-refractivity contribution in [3.63, 3.8) is 0 Å². The molecule has 2 heteroatoms. The summed E-state index contributed by atoms with van der Waals surface area (Å²) in [6.07, 6.45) is 8.66. The molecule has 1 amide bonds. The third-order valence-corrected chi connectivity index (χ3v) is 3.60. The van der Waals surface area contributed by atoms with Crippen molar-refractivity contribution >= 4 is 5.91 Å². The van der Waals surface area contributed by atoms with Gasteiger partial charge in [-0.2, -0.15) is 0 Å². The van der Waals surface area contributed by atoms with E-state index in [0.717, 1.165) is 25.2 Å². The number of amides is 1. The van der Waals surface area contributed by atoms with Crippen LogP contribution in [-0.4, -0.2) is 11.4 Å². The molecule has 1 N–H and O–H groups in total. The molecule has 100 valence electrons. The van der Waals surface area contributed by atoms with Crippen molar-refractivity contribution in [2.24, 2.45) is 11.8 Å². The van der Waals surface area contributed by atoms with E-state index in [4.69, 9.17) is 0 Å². The Hall–Kier alpha value is -0.530. The van der Waals surface area contributed by atoms with Gasteiger partial charge in [0.05, 0.1) is 0 Å². The lowest BCUT2D eigenvalue weighted by Gasteiger charge is -2.26. The predicted octanol–water partition coefficient (Wildman–Crippen LogP) is 3.90. The first-order valence-corrected chi connectivity index (χ1v) is 7.24. The van der Waals surface area contributed by atoms with E-state index >= 15 is 0 Å². The molecule has 0 aliphatic heterocycles. The first-order valence-electron chi connectivity index (χ1n) is 7.24. The van der Waals surface area contributed by atoms with Gasteiger partial charge in [0.1, 0.15) is 0 Å². The molecule has 1 aliphatic carbocycles. The van der Waals surface area contributed by atoms with Crippen LogP contribution in [0, 0.1) is 11.8 Å². The van der Waals surface area contributed by atoms with E-state index in [1.807, 2.05) is 0 Å². The summed E-state index contributed by atoms with van der Waals surface area (Å²) in [5.41, 5.74) is -0.0985. The molecule has 0 aromatic rings. The summed E-state index contributed by atoms with van der Waals surface area (Å²) < 4.78 is 0. The molecule has 0 aromatic carbocycles. The molecule has 0 heterocycles. The molecule has 1 unspecified atom stereocenters. The maximum absolute atomic E-state index is 12.2. The SMILES string of the molecule is CCCC(CC1CCCC1)C(=O)NC(C)(C)C. The Bertz CT molecular complexity index is 236. The van der Waals surface area contributed by atoms with Gasteiger partial charge in [-0.1, -0.05) is 39.0 Å². The highest BCUT2D eigenvalue weighted by molar-refractivity contribution is 5.79. The molecule has 0 spiro atoms. The van der Waals surface area contributed by atoms with E-state index in [0.29, 0.717) is 0 Å². The zero-order valence-electron chi connectivity index (χ0n) is 12.0. The molecule has 2 nitrogen and oxygen atoms in total. The van der Waals surface area contributed by atoms with Crippen molar-refractivity contribution in [3.05, 3.63) is 0 Å². The summed E-state index contributed by atoms with van der Waals surface area (Å²) >= 11 is 0. The van der Waals surface area contributed by atoms with Gasteiger partial charge in [-0.25, -0.2) is 0 Å². The minimum atomic E-state index is -0.0985. The molecule has 17 heavy (non-hydrogen) atoms. The third kappa shape index (κ3) is 5.56. The van der Waals surface area contributed by atoms with Crippen LogP contribution in [-0.2, 0) is 4.79 Å². The maximum atomic E-state index is 12.2. The van der Waals surface area contributed by atoms with Crippen LogP contribution >= 0.6 is 0 Å². The quantitative estimate of drug-likeness (QED) is 0.774. The average Bonchev–Trinajstić information content (AvgIpc) is 2.67. The second kappa shape index (κ2) is 6.42. The van der Waals surface area contributed by atoms with Crippen LogP contribution in [0.1, 0.15) is 72.6 Å². The summed E-state index contributed by atoms with van der Waals surface area (Å²) in [5.74, 6) is 1.31. The first-order chi connectivity index (χ1) is 7.92. The van der Waals surface area contributed by atoms with Crippen molar-refractivity contribution in [1.82, 2.24) is 5.32 Å². The fourth-order valence-corrected chi connectivity index (χ4v) is 2.82. The Morgan fingerprint density at radius 3 is 2.35 bits per heavy atom. The Labute approximate surface area is 107 Å². The van der Waals surface area contributed by atoms with Crippen molar-refractivity contribution in [3.8, 4) is 0 Å². The lowest BCUT2D eigenvalue weighted by molar-refractivity contribution is -0.127. The van der Waals surface area contributed by atoms with Gasteiger partial charge >= 0.3 is 0 Å². The molecule has 0 aromatic heterocycles. The minimum absolute atomic E-state index is 0.0985. The smallest absolute Gasteiger partial charge is 0.223 e. The number of carbonyl (C=O) groups excluding carboxylic acids is 1. The van der Waals surface area contributed by atoms with E-state index in [1.165, 1.54) is 25.7 Å². The van der Waals surface area contributed by atoms with E-state index in [1.54, 1.807) is 0 Å². The molecule has 1 saturated carbocycles. The molecule has 1 rings (SSSR count). The average molecular weight is 239 g/mol. The summed E-state index contributed by atoms with van der Waals surface area (Å²) in [4.78, 5) is 12.2. The fourth-order valence-electron chi connectivity index (χ4n) is 2.82. The molecule has 1 fully saturated rings. The van der Waals surface area contributed by atoms with Gasteiger partial charge in [-0.15, -0.1) is 0 Å². The van der Waals surface area contributed by atoms with Crippen molar-refractivity contribution < 1.29 is 4.79 Å². The number of rotatable bonds is 5. The van der Waals surface area contributed by atoms with Crippen molar-refractivity contribution in [1.29, 1.82) is 0 Å². The largest absolute Gasteiger partial charge is 0.351 e. The van der Waals surface area contributed by atoms with E-state index in [2.05, 4.69) is 33.0 Å². The monoisotopic (exact) mass is 239 g/mol. The number of hydrogen-bond acceptors (Lipinski definition) is 1. The third-order valence-electron chi connectivity index (χ3n) is 3.60. The van der Waals surface area contributed by atoms with E-state index in [9.17, 15) is 4.79 Å². The highest BCUT2D eigenvalue weighted by atomic mass is 16.2. The Morgan fingerprint density at radius 2 is 1.88 bits per heavy atom. The molecule has 0 radical (unpaired) electrons. The van der Waals surface area contributed by atoms with Crippen molar-refractivity contribution in [2.45, 2.75) is 78.2 Å². The lowest BCUT2D eigenvalue weighted by atomic mass is 9.89. The summed E-state index contributed by atoms with van der Waals surface area (Å²) in [7, 11) is 0. The zero-order chi connectivity index (χ0) is 12.9. The second-order valence-electron chi connectivity index (χ2n) is 6.61. The van der Waals surface area contributed by atoms with Crippen LogP contribution in [0.3, 0.4) is 0 Å².